The quantitative estimate of drug-likeness (QED) is 0.798. The van der Waals surface area contributed by atoms with E-state index in [4.69, 9.17) is 0 Å². The molecule has 128 valence electrons. The normalized spacial score (nSPS) is 12.7. The molecule has 0 bridgehead atoms. The van der Waals surface area contributed by atoms with Crippen LogP contribution < -0.4 is 10.6 Å². The summed E-state index contributed by atoms with van der Waals surface area (Å²) in [5, 5.41) is 5.82. The summed E-state index contributed by atoms with van der Waals surface area (Å²) in [4.78, 5) is 16.3. The molecule has 1 atom stereocenters. The highest BCUT2D eigenvalue weighted by molar-refractivity contribution is 7.90. The molecule has 0 aliphatic rings. The van der Waals surface area contributed by atoms with E-state index in [2.05, 4.69) is 15.6 Å². The summed E-state index contributed by atoms with van der Waals surface area (Å²) in [6.45, 7) is 5.19. The van der Waals surface area contributed by atoms with Crippen LogP contribution in [0.5, 0.6) is 0 Å². The van der Waals surface area contributed by atoms with Crippen LogP contribution in [0, 0.1) is 0 Å². The molecule has 9 heteroatoms. The van der Waals surface area contributed by atoms with Gasteiger partial charge in [-0.25, -0.2) is 13.4 Å². The number of amides is 1. The molecule has 1 amide bonds. The third kappa shape index (κ3) is 4.43. The molecular weight excluding hydrogens is 340 g/mol. The number of nitrogens with zero attached hydrogens (tertiary/aromatic N) is 2. The zero-order valence-electron chi connectivity index (χ0n) is 13.2. The Labute approximate surface area is 141 Å². The number of nitrogens with one attached hydrogen (secondary N) is 2. The molecule has 0 saturated heterocycles. The van der Waals surface area contributed by atoms with Crippen molar-refractivity contribution in [3.05, 3.63) is 30.1 Å². The maximum absolute atomic E-state index is 12.3. The van der Waals surface area contributed by atoms with Gasteiger partial charge in [0.2, 0.25) is 15.0 Å². The third-order valence-electron chi connectivity index (χ3n) is 3.18. The smallest absolute Gasteiger partial charge is 0.272 e. The summed E-state index contributed by atoms with van der Waals surface area (Å²) in [6.07, 6.45) is 2.65. The predicted molar refractivity (Wildman–Crippen MR) is 91.0 cm³/mol. The summed E-state index contributed by atoms with van der Waals surface area (Å²) in [5.74, 6) is -0.386. The van der Waals surface area contributed by atoms with E-state index in [0.29, 0.717) is 12.1 Å². The van der Waals surface area contributed by atoms with Gasteiger partial charge in [0, 0.05) is 25.0 Å². The number of imidazole rings is 1. The van der Waals surface area contributed by atoms with E-state index in [9.17, 15) is 13.2 Å². The number of rotatable bonds is 6. The third-order valence-corrected chi connectivity index (χ3v) is 4.14. The molecule has 2 rings (SSSR count). The average molecular weight is 361 g/mol. The van der Waals surface area contributed by atoms with Gasteiger partial charge in [-0.15, -0.1) is 12.4 Å². The highest BCUT2D eigenvalue weighted by Gasteiger charge is 2.22. The van der Waals surface area contributed by atoms with Crippen molar-refractivity contribution >= 4 is 33.7 Å². The fourth-order valence-corrected chi connectivity index (χ4v) is 2.96. The van der Waals surface area contributed by atoms with Crippen molar-refractivity contribution in [2.75, 3.05) is 19.3 Å². The van der Waals surface area contributed by atoms with Crippen molar-refractivity contribution in [2.24, 2.45) is 0 Å². The Bertz CT molecular complexity index is 788. The van der Waals surface area contributed by atoms with Crippen LogP contribution in [0.15, 0.2) is 29.6 Å². The van der Waals surface area contributed by atoms with Gasteiger partial charge in [-0.2, -0.15) is 0 Å². The second-order valence-electron chi connectivity index (χ2n) is 5.14. The highest BCUT2D eigenvalue weighted by Crippen LogP contribution is 2.16. The van der Waals surface area contributed by atoms with E-state index in [1.807, 2.05) is 13.8 Å². The number of halogens is 1. The molecule has 0 aliphatic carbocycles. The van der Waals surface area contributed by atoms with Crippen molar-refractivity contribution in [1.29, 1.82) is 0 Å². The Balaban J connectivity index is 0.00000264. The van der Waals surface area contributed by atoms with Crippen molar-refractivity contribution < 1.29 is 13.2 Å². The summed E-state index contributed by atoms with van der Waals surface area (Å²) < 4.78 is 25.0. The van der Waals surface area contributed by atoms with Gasteiger partial charge in [0.15, 0.2) is 5.69 Å². The molecule has 7 nitrogen and oxygen atoms in total. The number of carbonyl (C=O) groups excluding carboxylic acids is 1. The van der Waals surface area contributed by atoms with Crippen LogP contribution >= 0.6 is 12.4 Å². The Morgan fingerprint density at radius 1 is 1.39 bits per heavy atom. The second-order valence-corrected chi connectivity index (χ2v) is 7.05. The maximum atomic E-state index is 12.3. The largest absolute Gasteiger partial charge is 0.349 e. The minimum absolute atomic E-state index is 0. The maximum Gasteiger partial charge on any atom is 0.272 e. The lowest BCUT2D eigenvalue weighted by molar-refractivity contribution is 0.0947. The van der Waals surface area contributed by atoms with E-state index in [-0.39, 0.29) is 35.2 Å². The predicted octanol–water partition coefficient (Wildman–Crippen LogP) is 0.887. The van der Waals surface area contributed by atoms with Crippen LogP contribution in [-0.4, -0.2) is 49.1 Å². The summed E-state index contributed by atoms with van der Waals surface area (Å²) in [6, 6.07) is 5.22. The van der Waals surface area contributed by atoms with Crippen LogP contribution in [0.2, 0.25) is 0 Å². The van der Waals surface area contributed by atoms with Crippen LogP contribution in [0.3, 0.4) is 0 Å². The van der Waals surface area contributed by atoms with Gasteiger partial charge in [-0.1, -0.05) is 13.0 Å². The Kier molecular flexibility index (Phi) is 6.55. The zero-order valence-corrected chi connectivity index (χ0v) is 14.9. The lowest BCUT2D eigenvalue weighted by atomic mass is 10.3. The van der Waals surface area contributed by atoms with Crippen molar-refractivity contribution in [1.82, 2.24) is 20.0 Å². The van der Waals surface area contributed by atoms with E-state index in [0.717, 1.165) is 12.8 Å². The van der Waals surface area contributed by atoms with Crippen molar-refractivity contribution in [2.45, 2.75) is 25.0 Å². The van der Waals surface area contributed by atoms with Crippen molar-refractivity contribution in [3.8, 4) is 0 Å². The lowest BCUT2D eigenvalue weighted by Crippen LogP contribution is -2.39. The Hall–Kier alpha value is -1.64. The molecule has 2 aromatic rings. The molecule has 2 N–H and O–H groups in total. The standard InChI is InChI=1S/C14H20N4O3S.ClH/c1-4-15-10(2)9-16-13(19)12-11-7-5-6-8-18(11)14(17-12)22(3,20)21;/h5-8,10,15H,4,9H2,1-3H3,(H,16,19);1H/t10-;/m1./s1. The molecule has 2 aromatic heterocycles. The topological polar surface area (TPSA) is 92.6 Å². The molecule has 0 spiro atoms. The first-order valence-corrected chi connectivity index (χ1v) is 8.92. The minimum Gasteiger partial charge on any atom is -0.349 e. The van der Waals surface area contributed by atoms with Gasteiger partial charge in [0.05, 0.1) is 5.52 Å². The number of fused-ring (bicyclic) bond motifs is 1. The summed E-state index contributed by atoms with van der Waals surface area (Å²) in [7, 11) is -3.52. The Morgan fingerprint density at radius 3 is 2.70 bits per heavy atom. The number of hydrogen-bond donors (Lipinski definition) is 2. The lowest BCUT2D eigenvalue weighted by Gasteiger charge is -2.12. The van der Waals surface area contributed by atoms with Gasteiger partial charge in [-0.3, -0.25) is 9.20 Å². The number of sulfone groups is 1. The number of likely N-dealkylation sites (N-methyl/N-ethyl adjacent to an activating group) is 1. The minimum atomic E-state index is -3.52. The number of hydrogen-bond acceptors (Lipinski definition) is 5. The SMILES string of the molecule is CCN[C@H](C)CNC(=O)c1nc(S(C)(=O)=O)n2ccccc12.Cl. The molecular formula is C14H21ClN4O3S. The molecule has 0 saturated carbocycles. The first-order valence-electron chi connectivity index (χ1n) is 7.03. The van der Waals surface area contributed by atoms with Gasteiger partial charge < -0.3 is 10.6 Å². The molecule has 2 heterocycles. The van der Waals surface area contributed by atoms with Gasteiger partial charge in [-0.05, 0) is 25.6 Å². The van der Waals surface area contributed by atoms with E-state index in [1.165, 1.54) is 4.40 Å². The van der Waals surface area contributed by atoms with Crippen LogP contribution in [0.1, 0.15) is 24.3 Å². The van der Waals surface area contributed by atoms with Gasteiger partial charge in [0.1, 0.15) is 0 Å². The summed E-state index contributed by atoms with van der Waals surface area (Å²) in [5.41, 5.74) is 0.584. The number of aromatic nitrogens is 2. The van der Waals surface area contributed by atoms with Crippen LogP contribution in [-0.2, 0) is 9.84 Å². The molecule has 0 aliphatic heterocycles. The van der Waals surface area contributed by atoms with E-state index >= 15 is 0 Å². The number of carbonyl (C=O) groups is 1. The first kappa shape index (κ1) is 19.4. The Morgan fingerprint density at radius 2 is 2.09 bits per heavy atom. The van der Waals surface area contributed by atoms with Gasteiger partial charge in [0.25, 0.3) is 5.91 Å². The van der Waals surface area contributed by atoms with Crippen LogP contribution in [0.25, 0.3) is 5.52 Å². The fourth-order valence-electron chi connectivity index (χ4n) is 2.19. The first-order chi connectivity index (χ1) is 10.3. The molecule has 0 aromatic carbocycles. The average Bonchev–Trinajstić information content (AvgIpc) is 2.85. The zero-order chi connectivity index (χ0) is 16.3. The van der Waals surface area contributed by atoms with Crippen molar-refractivity contribution in [3.63, 3.8) is 0 Å². The summed E-state index contributed by atoms with van der Waals surface area (Å²) >= 11 is 0. The molecule has 0 radical (unpaired) electrons. The molecule has 0 fully saturated rings. The second kappa shape index (κ2) is 7.76. The fraction of sp³-hybridized carbons (Fsp3) is 0.429. The monoisotopic (exact) mass is 360 g/mol. The van der Waals surface area contributed by atoms with E-state index < -0.39 is 9.84 Å². The highest BCUT2D eigenvalue weighted by atomic mass is 35.5. The van der Waals surface area contributed by atoms with E-state index in [1.54, 1.807) is 24.4 Å². The molecule has 0 unspecified atom stereocenters. The molecule has 23 heavy (non-hydrogen) atoms. The number of pyridine rings is 1. The van der Waals surface area contributed by atoms with Crippen LogP contribution in [0.4, 0.5) is 0 Å². The van der Waals surface area contributed by atoms with Gasteiger partial charge >= 0.3 is 0 Å².